The van der Waals surface area contributed by atoms with Crippen LogP contribution in [0.25, 0.3) is 0 Å². The Morgan fingerprint density at radius 2 is 2.28 bits per heavy atom. The second kappa shape index (κ2) is 5.99. The zero-order valence-electron chi connectivity index (χ0n) is 11.9. The lowest BCUT2D eigenvalue weighted by Gasteiger charge is -2.29. The fraction of sp³-hybridized carbons (Fsp3) is 0.923. The third kappa shape index (κ3) is 3.67. The summed E-state index contributed by atoms with van der Waals surface area (Å²) in [6, 6.07) is -0.223. The van der Waals surface area contributed by atoms with Gasteiger partial charge in [0.05, 0.1) is 18.6 Å². The van der Waals surface area contributed by atoms with Crippen LogP contribution in [0.5, 0.6) is 0 Å². The molecule has 2 unspecified atom stereocenters. The van der Waals surface area contributed by atoms with Crippen LogP contribution in [0.1, 0.15) is 27.2 Å². The third-order valence-corrected chi connectivity index (χ3v) is 3.75. The van der Waals surface area contributed by atoms with Crippen molar-refractivity contribution in [3.05, 3.63) is 0 Å². The maximum atomic E-state index is 12.2. The smallest absolute Gasteiger partial charge is 0.229 e. The summed E-state index contributed by atoms with van der Waals surface area (Å²) in [5.41, 5.74) is 5.35. The lowest BCUT2D eigenvalue weighted by atomic mass is 9.83. The van der Waals surface area contributed by atoms with Gasteiger partial charge in [0.2, 0.25) is 5.91 Å². The van der Waals surface area contributed by atoms with Crippen LogP contribution in [0.2, 0.25) is 0 Å². The molecule has 3 N–H and O–H groups in total. The molecule has 1 saturated heterocycles. The largest absolute Gasteiger partial charge is 0.385 e. The number of carbonyl (C=O) groups excluding carboxylic acids is 1. The number of hydrogen-bond acceptors (Lipinski definition) is 4. The zero-order chi connectivity index (χ0) is 13.8. The van der Waals surface area contributed by atoms with Crippen molar-refractivity contribution in [3.8, 4) is 0 Å². The average molecular weight is 258 g/mol. The van der Waals surface area contributed by atoms with Crippen LogP contribution >= 0.6 is 0 Å². The van der Waals surface area contributed by atoms with Gasteiger partial charge in [0.15, 0.2) is 0 Å². The van der Waals surface area contributed by atoms with E-state index in [1.54, 1.807) is 7.11 Å². The quantitative estimate of drug-likeness (QED) is 0.729. The lowest BCUT2D eigenvalue weighted by Crippen LogP contribution is -2.51. The first kappa shape index (κ1) is 15.4. The molecule has 0 radical (unpaired) electrons. The van der Waals surface area contributed by atoms with Gasteiger partial charge >= 0.3 is 0 Å². The Bertz CT molecular complexity index is 294. The summed E-state index contributed by atoms with van der Waals surface area (Å²) in [6.07, 6.45) is 0.906. The predicted octanol–water partition coefficient (Wildman–Crippen LogP) is 0.529. The van der Waals surface area contributed by atoms with E-state index < -0.39 is 5.41 Å². The number of rotatable bonds is 6. The Balaban J connectivity index is 2.45. The van der Waals surface area contributed by atoms with Gasteiger partial charge in [-0.25, -0.2) is 0 Å². The topological polar surface area (TPSA) is 73.6 Å². The zero-order valence-corrected chi connectivity index (χ0v) is 11.9. The van der Waals surface area contributed by atoms with Gasteiger partial charge < -0.3 is 20.5 Å². The number of ether oxygens (including phenoxy) is 2. The SMILES string of the molecule is COCCC(C)(C)CNC(=O)C1(C)COCC1N. The molecule has 1 heterocycles. The predicted molar refractivity (Wildman–Crippen MR) is 70.2 cm³/mol. The molecule has 0 spiro atoms. The maximum absolute atomic E-state index is 12.2. The first-order valence-corrected chi connectivity index (χ1v) is 6.42. The minimum Gasteiger partial charge on any atom is -0.385 e. The van der Waals surface area contributed by atoms with Crippen molar-refractivity contribution in [2.75, 3.05) is 33.5 Å². The summed E-state index contributed by atoms with van der Waals surface area (Å²) in [5, 5.41) is 2.99. The Morgan fingerprint density at radius 3 is 2.78 bits per heavy atom. The van der Waals surface area contributed by atoms with E-state index in [-0.39, 0.29) is 17.4 Å². The van der Waals surface area contributed by atoms with E-state index in [2.05, 4.69) is 19.2 Å². The highest BCUT2D eigenvalue weighted by atomic mass is 16.5. The number of amides is 1. The van der Waals surface area contributed by atoms with Gasteiger partial charge in [-0.2, -0.15) is 0 Å². The molecule has 0 aromatic carbocycles. The summed E-state index contributed by atoms with van der Waals surface area (Å²) in [4.78, 5) is 12.2. The third-order valence-electron chi connectivity index (χ3n) is 3.75. The molecule has 1 rings (SSSR count). The molecule has 5 nitrogen and oxygen atoms in total. The molecule has 5 heteroatoms. The van der Waals surface area contributed by atoms with E-state index in [0.717, 1.165) is 6.42 Å². The molecular weight excluding hydrogens is 232 g/mol. The molecule has 0 bridgehead atoms. The Morgan fingerprint density at radius 1 is 1.61 bits per heavy atom. The molecule has 106 valence electrons. The fourth-order valence-electron chi connectivity index (χ4n) is 1.91. The minimum absolute atomic E-state index is 0.0157. The number of methoxy groups -OCH3 is 1. The van der Waals surface area contributed by atoms with Crippen LogP contribution in [0, 0.1) is 10.8 Å². The fourth-order valence-corrected chi connectivity index (χ4v) is 1.91. The van der Waals surface area contributed by atoms with Gasteiger partial charge in [0, 0.05) is 26.3 Å². The molecule has 0 aromatic rings. The average Bonchev–Trinajstić information content (AvgIpc) is 2.65. The summed E-state index contributed by atoms with van der Waals surface area (Å²) < 4.78 is 10.4. The van der Waals surface area contributed by atoms with Crippen LogP contribution in [0.15, 0.2) is 0 Å². The molecule has 1 amide bonds. The van der Waals surface area contributed by atoms with E-state index >= 15 is 0 Å². The second-order valence-electron chi connectivity index (χ2n) is 6.13. The van der Waals surface area contributed by atoms with Crippen LogP contribution in [-0.4, -0.2) is 45.4 Å². The molecule has 1 fully saturated rings. The van der Waals surface area contributed by atoms with E-state index in [9.17, 15) is 4.79 Å². The normalized spacial score (nSPS) is 28.4. The van der Waals surface area contributed by atoms with Crippen LogP contribution < -0.4 is 11.1 Å². The maximum Gasteiger partial charge on any atom is 0.229 e. The number of hydrogen-bond donors (Lipinski definition) is 2. The first-order valence-electron chi connectivity index (χ1n) is 6.42. The van der Waals surface area contributed by atoms with E-state index in [1.165, 1.54) is 0 Å². The molecule has 0 saturated carbocycles. The summed E-state index contributed by atoms with van der Waals surface area (Å²) in [6.45, 7) is 8.26. The first-order chi connectivity index (χ1) is 8.32. The number of nitrogens with one attached hydrogen (secondary N) is 1. The van der Waals surface area contributed by atoms with Gasteiger partial charge in [-0.15, -0.1) is 0 Å². The molecular formula is C13H26N2O3. The minimum atomic E-state index is -0.600. The van der Waals surface area contributed by atoms with Crippen molar-refractivity contribution >= 4 is 5.91 Å². The van der Waals surface area contributed by atoms with Gasteiger partial charge in [-0.3, -0.25) is 4.79 Å². The van der Waals surface area contributed by atoms with E-state index in [4.69, 9.17) is 15.2 Å². The summed E-state index contributed by atoms with van der Waals surface area (Å²) in [5.74, 6) is -0.0157. The highest BCUT2D eigenvalue weighted by Crippen LogP contribution is 2.28. The highest BCUT2D eigenvalue weighted by molar-refractivity contribution is 5.83. The monoisotopic (exact) mass is 258 g/mol. The van der Waals surface area contributed by atoms with Gasteiger partial charge in [0.25, 0.3) is 0 Å². The molecule has 2 atom stereocenters. The van der Waals surface area contributed by atoms with Gasteiger partial charge in [-0.1, -0.05) is 13.8 Å². The Labute approximate surface area is 109 Å². The van der Waals surface area contributed by atoms with Crippen molar-refractivity contribution in [1.29, 1.82) is 0 Å². The highest BCUT2D eigenvalue weighted by Gasteiger charge is 2.44. The van der Waals surface area contributed by atoms with Crippen molar-refractivity contribution in [1.82, 2.24) is 5.32 Å². The van der Waals surface area contributed by atoms with Crippen LogP contribution in [-0.2, 0) is 14.3 Å². The summed E-state index contributed by atoms with van der Waals surface area (Å²) >= 11 is 0. The van der Waals surface area contributed by atoms with E-state index in [0.29, 0.717) is 26.4 Å². The van der Waals surface area contributed by atoms with Gasteiger partial charge in [0.1, 0.15) is 0 Å². The lowest BCUT2D eigenvalue weighted by molar-refractivity contribution is -0.131. The molecule has 1 aliphatic heterocycles. The van der Waals surface area contributed by atoms with E-state index in [1.807, 2.05) is 6.92 Å². The standard InChI is InChI=1S/C13H26N2O3/c1-12(2,5-6-17-4)8-15-11(16)13(3)9-18-7-10(13)14/h10H,5-9,14H2,1-4H3,(H,15,16). The molecule has 0 aromatic heterocycles. The second-order valence-corrected chi connectivity index (χ2v) is 6.13. The Kier molecular flexibility index (Phi) is 5.13. The van der Waals surface area contributed by atoms with Crippen molar-refractivity contribution in [3.63, 3.8) is 0 Å². The van der Waals surface area contributed by atoms with Crippen LogP contribution in [0.3, 0.4) is 0 Å². The molecule has 18 heavy (non-hydrogen) atoms. The number of carbonyl (C=O) groups is 1. The molecule has 0 aliphatic carbocycles. The molecule has 1 aliphatic rings. The van der Waals surface area contributed by atoms with Crippen molar-refractivity contribution in [2.24, 2.45) is 16.6 Å². The Hall–Kier alpha value is -0.650. The van der Waals surface area contributed by atoms with Crippen molar-refractivity contribution in [2.45, 2.75) is 33.2 Å². The number of nitrogens with two attached hydrogens (primary N) is 1. The van der Waals surface area contributed by atoms with Gasteiger partial charge in [-0.05, 0) is 18.8 Å². The summed E-state index contributed by atoms with van der Waals surface area (Å²) in [7, 11) is 1.69. The van der Waals surface area contributed by atoms with Crippen LogP contribution in [0.4, 0.5) is 0 Å². The van der Waals surface area contributed by atoms with Crippen molar-refractivity contribution < 1.29 is 14.3 Å².